The van der Waals surface area contributed by atoms with Crippen molar-refractivity contribution in [3.63, 3.8) is 0 Å². The summed E-state index contributed by atoms with van der Waals surface area (Å²) in [5.74, 6) is 0.487. The monoisotopic (exact) mass is 327 g/mol. The van der Waals surface area contributed by atoms with E-state index in [4.69, 9.17) is 4.42 Å². The number of hydrogen-bond acceptors (Lipinski definition) is 3. The Labute approximate surface area is 121 Å². The second-order valence-corrected chi connectivity index (χ2v) is 5.88. The van der Waals surface area contributed by atoms with Crippen molar-refractivity contribution < 1.29 is 14.3 Å². The van der Waals surface area contributed by atoms with Crippen LogP contribution < -0.4 is 0 Å². The maximum absolute atomic E-state index is 11.9. The first-order chi connectivity index (χ1) is 8.98. The molecule has 0 radical (unpaired) electrons. The Balaban J connectivity index is 1.90. The fourth-order valence-electron chi connectivity index (χ4n) is 2.41. The molecule has 1 heterocycles. The normalized spacial score (nSPS) is 18.1. The zero-order valence-corrected chi connectivity index (χ0v) is 12.5. The summed E-state index contributed by atoms with van der Waals surface area (Å²) in [6.45, 7) is 0.387. The SMILES string of the molecule is CN(CC1(O)CCCC1)C(=O)/C=C/c1ccc(Br)o1. The maximum Gasteiger partial charge on any atom is 0.246 e. The average molecular weight is 328 g/mol. The van der Waals surface area contributed by atoms with Gasteiger partial charge in [0.1, 0.15) is 5.76 Å². The number of amides is 1. The molecule has 1 N–H and O–H groups in total. The Hall–Kier alpha value is -1.07. The summed E-state index contributed by atoms with van der Waals surface area (Å²) in [6, 6.07) is 3.55. The smallest absolute Gasteiger partial charge is 0.246 e. The molecule has 0 spiro atoms. The summed E-state index contributed by atoms with van der Waals surface area (Å²) < 4.78 is 5.91. The Morgan fingerprint density at radius 1 is 1.53 bits per heavy atom. The molecule has 0 aromatic carbocycles. The molecule has 1 aliphatic carbocycles. The molecule has 5 heteroatoms. The van der Waals surface area contributed by atoms with E-state index in [1.165, 1.54) is 6.08 Å². The van der Waals surface area contributed by atoms with Crippen molar-refractivity contribution in [2.45, 2.75) is 31.3 Å². The van der Waals surface area contributed by atoms with Gasteiger partial charge in [0.05, 0.1) is 5.60 Å². The number of carbonyl (C=O) groups excluding carboxylic acids is 1. The van der Waals surface area contributed by atoms with Crippen LogP contribution in [0, 0.1) is 0 Å². The Morgan fingerprint density at radius 3 is 2.79 bits per heavy atom. The molecule has 1 amide bonds. The fourth-order valence-corrected chi connectivity index (χ4v) is 2.73. The van der Waals surface area contributed by atoms with Crippen molar-refractivity contribution in [3.8, 4) is 0 Å². The molecule has 4 nitrogen and oxygen atoms in total. The second kappa shape index (κ2) is 5.92. The van der Waals surface area contributed by atoms with Gasteiger partial charge in [0.15, 0.2) is 4.67 Å². The molecule has 1 aromatic rings. The number of furan rings is 1. The zero-order valence-electron chi connectivity index (χ0n) is 10.9. The third kappa shape index (κ3) is 3.94. The van der Waals surface area contributed by atoms with Crippen LogP contribution in [0.1, 0.15) is 31.4 Å². The van der Waals surface area contributed by atoms with Gasteiger partial charge in [-0.2, -0.15) is 0 Å². The predicted octanol–water partition coefficient (Wildman–Crippen LogP) is 2.82. The lowest BCUT2D eigenvalue weighted by Gasteiger charge is -2.27. The molecule has 19 heavy (non-hydrogen) atoms. The summed E-state index contributed by atoms with van der Waals surface area (Å²) in [6.07, 6.45) is 6.72. The lowest BCUT2D eigenvalue weighted by atomic mass is 10.0. The quantitative estimate of drug-likeness (QED) is 0.865. The van der Waals surface area contributed by atoms with Gasteiger partial charge in [-0.1, -0.05) is 12.8 Å². The first-order valence-corrected chi connectivity index (χ1v) is 7.19. The summed E-state index contributed by atoms with van der Waals surface area (Å²) in [5, 5.41) is 10.3. The van der Waals surface area contributed by atoms with E-state index in [0.717, 1.165) is 25.7 Å². The summed E-state index contributed by atoms with van der Waals surface area (Å²) >= 11 is 3.20. The van der Waals surface area contributed by atoms with Crippen molar-refractivity contribution >= 4 is 27.9 Å². The van der Waals surface area contributed by atoms with Crippen LogP contribution in [0.25, 0.3) is 6.08 Å². The standard InChI is InChI=1S/C14H18BrNO3/c1-16(10-14(18)8-2-3-9-14)13(17)7-5-11-4-6-12(15)19-11/h4-7,18H,2-3,8-10H2,1H3/b7-5+. The van der Waals surface area contributed by atoms with Crippen LogP contribution in [0.3, 0.4) is 0 Å². The van der Waals surface area contributed by atoms with Crippen LogP contribution in [0.15, 0.2) is 27.3 Å². The van der Waals surface area contributed by atoms with Gasteiger partial charge in [0.25, 0.3) is 0 Å². The highest BCUT2D eigenvalue weighted by atomic mass is 79.9. The number of nitrogens with zero attached hydrogens (tertiary/aromatic N) is 1. The first-order valence-electron chi connectivity index (χ1n) is 6.39. The summed E-state index contributed by atoms with van der Waals surface area (Å²) in [5.41, 5.74) is -0.702. The van der Waals surface area contributed by atoms with Gasteiger partial charge in [0.2, 0.25) is 5.91 Å². The van der Waals surface area contributed by atoms with Gasteiger partial charge < -0.3 is 14.4 Å². The lowest BCUT2D eigenvalue weighted by Crippen LogP contribution is -2.41. The van der Waals surface area contributed by atoms with Gasteiger partial charge in [-0.05, 0) is 47.0 Å². The van der Waals surface area contributed by atoms with E-state index in [1.54, 1.807) is 30.2 Å². The molecular formula is C14H18BrNO3. The third-order valence-electron chi connectivity index (χ3n) is 3.43. The van der Waals surface area contributed by atoms with Gasteiger partial charge in [0, 0.05) is 19.7 Å². The predicted molar refractivity (Wildman–Crippen MR) is 76.5 cm³/mol. The second-order valence-electron chi connectivity index (χ2n) is 5.10. The van der Waals surface area contributed by atoms with Crippen molar-refractivity contribution in [1.29, 1.82) is 0 Å². The van der Waals surface area contributed by atoms with E-state index in [-0.39, 0.29) is 5.91 Å². The van der Waals surface area contributed by atoms with Crippen LogP contribution in [0.4, 0.5) is 0 Å². The highest BCUT2D eigenvalue weighted by Gasteiger charge is 2.32. The molecule has 0 unspecified atom stereocenters. The van der Waals surface area contributed by atoms with E-state index < -0.39 is 5.60 Å². The molecule has 2 rings (SSSR count). The minimum atomic E-state index is -0.702. The van der Waals surface area contributed by atoms with Crippen molar-refractivity contribution in [3.05, 3.63) is 28.6 Å². The van der Waals surface area contributed by atoms with Crippen molar-refractivity contribution in [1.82, 2.24) is 4.90 Å². The Kier molecular flexibility index (Phi) is 4.47. The number of hydrogen-bond donors (Lipinski definition) is 1. The van der Waals surface area contributed by atoms with Gasteiger partial charge >= 0.3 is 0 Å². The topological polar surface area (TPSA) is 53.7 Å². The molecule has 1 aliphatic rings. The van der Waals surface area contributed by atoms with Crippen LogP contribution in [-0.4, -0.2) is 35.1 Å². The third-order valence-corrected chi connectivity index (χ3v) is 3.85. The van der Waals surface area contributed by atoms with E-state index in [0.29, 0.717) is 17.0 Å². The van der Waals surface area contributed by atoms with Crippen molar-refractivity contribution in [2.24, 2.45) is 0 Å². The van der Waals surface area contributed by atoms with Crippen LogP contribution in [0.2, 0.25) is 0 Å². The molecule has 1 fully saturated rings. The van der Waals surface area contributed by atoms with Gasteiger partial charge in [-0.15, -0.1) is 0 Å². The number of likely N-dealkylation sites (N-methyl/N-ethyl adjacent to an activating group) is 1. The van der Waals surface area contributed by atoms with Crippen molar-refractivity contribution in [2.75, 3.05) is 13.6 Å². The molecule has 0 bridgehead atoms. The van der Waals surface area contributed by atoms with Gasteiger partial charge in [-0.25, -0.2) is 0 Å². The van der Waals surface area contributed by atoms with E-state index in [9.17, 15) is 9.90 Å². The summed E-state index contributed by atoms with van der Waals surface area (Å²) in [7, 11) is 1.71. The highest BCUT2D eigenvalue weighted by molar-refractivity contribution is 9.10. The van der Waals surface area contributed by atoms with Gasteiger partial charge in [-0.3, -0.25) is 4.79 Å². The van der Waals surface area contributed by atoms with E-state index in [2.05, 4.69) is 15.9 Å². The van der Waals surface area contributed by atoms with E-state index >= 15 is 0 Å². The van der Waals surface area contributed by atoms with Crippen LogP contribution in [0.5, 0.6) is 0 Å². The molecular weight excluding hydrogens is 310 g/mol. The number of aliphatic hydroxyl groups is 1. The molecule has 0 saturated heterocycles. The summed E-state index contributed by atoms with van der Waals surface area (Å²) in [4.78, 5) is 13.5. The minimum Gasteiger partial charge on any atom is -0.450 e. The molecule has 0 atom stereocenters. The number of rotatable bonds is 4. The van der Waals surface area contributed by atoms with Crippen LogP contribution in [-0.2, 0) is 4.79 Å². The fraction of sp³-hybridized carbons (Fsp3) is 0.500. The van der Waals surface area contributed by atoms with E-state index in [1.807, 2.05) is 0 Å². The Morgan fingerprint density at radius 2 is 2.21 bits per heavy atom. The molecule has 1 aromatic heterocycles. The zero-order chi connectivity index (χ0) is 13.9. The van der Waals surface area contributed by atoms with Crippen LogP contribution >= 0.6 is 15.9 Å². The average Bonchev–Trinajstić information content (AvgIpc) is 2.95. The highest BCUT2D eigenvalue weighted by Crippen LogP contribution is 2.29. The first kappa shape index (κ1) is 14.3. The molecule has 1 saturated carbocycles. The largest absolute Gasteiger partial charge is 0.450 e. The Bertz CT molecular complexity index is 475. The number of carbonyl (C=O) groups is 1. The number of halogens is 1. The lowest BCUT2D eigenvalue weighted by molar-refractivity contribution is -0.127. The minimum absolute atomic E-state index is 0.132. The molecule has 104 valence electrons. The molecule has 0 aliphatic heterocycles. The maximum atomic E-state index is 11.9.